The normalized spacial score (nSPS) is 14.5. The maximum absolute atomic E-state index is 12.9. The van der Waals surface area contributed by atoms with Crippen LogP contribution in [0.5, 0.6) is 0 Å². The number of carbonyl (C=O) groups excluding carboxylic acids is 1. The summed E-state index contributed by atoms with van der Waals surface area (Å²) in [5.41, 5.74) is 3.66. The Labute approximate surface area is 177 Å². The topological polar surface area (TPSA) is 60.2 Å². The number of piperidine rings is 1. The van der Waals surface area contributed by atoms with Crippen molar-refractivity contribution in [3.05, 3.63) is 71.3 Å². The molecule has 2 aromatic carbocycles. The van der Waals surface area contributed by atoms with E-state index in [1.54, 1.807) is 0 Å². The third-order valence-electron chi connectivity index (χ3n) is 6.03. The van der Waals surface area contributed by atoms with E-state index in [-0.39, 0.29) is 11.8 Å². The Balaban J connectivity index is 1.47. The van der Waals surface area contributed by atoms with Gasteiger partial charge < -0.3 is 9.80 Å². The van der Waals surface area contributed by atoms with Crippen LogP contribution in [0.15, 0.2) is 54.6 Å². The van der Waals surface area contributed by atoms with E-state index in [9.17, 15) is 10.1 Å². The third-order valence-corrected chi connectivity index (χ3v) is 6.03. The summed E-state index contributed by atoms with van der Waals surface area (Å²) in [6, 6.07) is 20.4. The van der Waals surface area contributed by atoms with Gasteiger partial charge in [0, 0.05) is 38.0 Å². The van der Waals surface area contributed by atoms with Gasteiger partial charge >= 0.3 is 0 Å². The summed E-state index contributed by atoms with van der Waals surface area (Å²) >= 11 is 0. The number of amides is 1. The first-order valence-corrected chi connectivity index (χ1v) is 10.4. The Bertz CT molecular complexity index is 1100. The lowest BCUT2D eigenvalue weighted by molar-refractivity contribution is -0.135. The lowest BCUT2D eigenvalue weighted by atomic mass is 9.94. The van der Waals surface area contributed by atoms with Crippen LogP contribution >= 0.6 is 0 Å². The average molecular weight is 399 g/mol. The minimum absolute atomic E-state index is 0.0158. The molecular weight excluding hydrogens is 372 g/mol. The zero-order valence-corrected chi connectivity index (χ0v) is 17.5. The van der Waals surface area contributed by atoms with E-state index in [2.05, 4.69) is 11.0 Å². The van der Waals surface area contributed by atoms with Gasteiger partial charge in [0.1, 0.15) is 11.9 Å². The van der Waals surface area contributed by atoms with Gasteiger partial charge in [-0.2, -0.15) is 5.26 Å². The van der Waals surface area contributed by atoms with Crippen LogP contribution < -0.4 is 4.90 Å². The second kappa shape index (κ2) is 8.54. The molecule has 1 aliphatic rings. The summed E-state index contributed by atoms with van der Waals surface area (Å²) in [6.45, 7) is 4.08. The molecule has 0 spiro atoms. The number of benzene rings is 2. The van der Waals surface area contributed by atoms with Crippen molar-refractivity contribution in [1.29, 1.82) is 5.26 Å². The SMILES string of the molecule is Cc1c(C#N)c(N2CCC(C(=O)N(C)Cc3ccccc3)CC2)nc2ccccc12. The Morgan fingerprint density at radius 3 is 2.50 bits per heavy atom. The van der Waals surface area contributed by atoms with Crippen molar-refractivity contribution in [2.24, 2.45) is 5.92 Å². The van der Waals surface area contributed by atoms with Crippen LogP contribution in [0.4, 0.5) is 5.82 Å². The summed E-state index contributed by atoms with van der Waals surface area (Å²) in [7, 11) is 1.88. The number of fused-ring (bicyclic) bond motifs is 1. The molecule has 0 radical (unpaired) electrons. The molecule has 3 aromatic rings. The number of aryl methyl sites for hydroxylation is 1. The number of nitriles is 1. The molecule has 0 aliphatic carbocycles. The molecule has 2 heterocycles. The Kier molecular flexibility index (Phi) is 5.67. The molecule has 152 valence electrons. The largest absolute Gasteiger partial charge is 0.355 e. The molecule has 5 nitrogen and oxygen atoms in total. The fourth-order valence-corrected chi connectivity index (χ4v) is 4.31. The van der Waals surface area contributed by atoms with Crippen molar-refractivity contribution in [1.82, 2.24) is 9.88 Å². The van der Waals surface area contributed by atoms with Crippen LogP contribution in [0.2, 0.25) is 0 Å². The Hall–Kier alpha value is -3.39. The summed E-state index contributed by atoms with van der Waals surface area (Å²) in [4.78, 5) is 21.7. The van der Waals surface area contributed by atoms with Gasteiger partial charge in [-0.1, -0.05) is 48.5 Å². The summed E-state index contributed by atoms with van der Waals surface area (Å²) in [5, 5.41) is 10.8. The first kappa shape index (κ1) is 19.9. The molecule has 1 aromatic heterocycles. The first-order chi connectivity index (χ1) is 14.6. The van der Waals surface area contributed by atoms with Crippen LogP contribution in [0.25, 0.3) is 10.9 Å². The van der Waals surface area contributed by atoms with Gasteiger partial charge in [-0.3, -0.25) is 4.79 Å². The van der Waals surface area contributed by atoms with E-state index in [0.29, 0.717) is 12.1 Å². The lowest BCUT2D eigenvalue weighted by Crippen LogP contribution is -2.41. The molecule has 0 bridgehead atoms. The van der Waals surface area contributed by atoms with Crippen LogP contribution in [-0.4, -0.2) is 35.9 Å². The second-order valence-corrected chi connectivity index (χ2v) is 8.01. The van der Waals surface area contributed by atoms with Crippen molar-refractivity contribution >= 4 is 22.6 Å². The van der Waals surface area contributed by atoms with Gasteiger partial charge in [-0.05, 0) is 37.0 Å². The van der Waals surface area contributed by atoms with Crippen molar-refractivity contribution in [2.45, 2.75) is 26.3 Å². The molecule has 1 fully saturated rings. The van der Waals surface area contributed by atoms with E-state index in [1.165, 1.54) is 0 Å². The molecule has 1 saturated heterocycles. The number of hydrogen-bond acceptors (Lipinski definition) is 4. The maximum atomic E-state index is 12.9. The molecule has 0 unspecified atom stereocenters. The van der Waals surface area contributed by atoms with Crippen molar-refractivity contribution in [3.8, 4) is 6.07 Å². The molecule has 4 rings (SSSR count). The highest BCUT2D eigenvalue weighted by molar-refractivity contribution is 5.87. The fraction of sp³-hybridized carbons (Fsp3) is 0.320. The highest BCUT2D eigenvalue weighted by Gasteiger charge is 2.29. The quantitative estimate of drug-likeness (QED) is 0.658. The van der Waals surface area contributed by atoms with E-state index >= 15 is 0 Å². The molecule has 1 amide bonds. The van der Waals surface area contributed by atoms with Gasteiger partial charge in [0.25, 0.3) is 0 Å². The standard InChI is InChI=1S/C25H26N4O/c1-18-21-10-6-7-11-23(21)27-24(22(18)16-26)29-14-12-20(13-15-29)25(30)28(2)17-19-8-4-3-5-9-19/h3-11,20H,12-15,17H2,1-2H3. The van der Waals surface area contributed by atoms with Crippen LogP contribution in [0.3, 0.4) is 0 Å². The van der Waals surface area contributed by atoms with Gasteiger partial charge in [0.15, 0.2) is 0 Å². The highest BCUT2D eigenvalue weighted by atomic mass is 16.2. The van der Waals surface area contributed by atoms with Gasteiger partial charge in [0.05, 0.1) is 11.1 Å². The number of pyridine rings is 1. The van der Waals surface area contributed by atoms with Crippen LogP contribution in [-0.2, 0) is 11.3 Å². The van der Waals surface area contributed by atoms with Gasteiger partial charge in [0.2, 0.25) is 5.91 Å². The molecule has 30 heavy (non-hydrogen) atoms. The fourth-order valence-electron chi connectivity index (χ4n) is 4.31. The maximum Gasteiger partial charge on any atom is 0.225 e. The van der Waals surface area contributed by atoms with E-state index in [1.807, 2.05) is 73.5 Å². The van der Waals surface area contributed by atoms with Crippen molar-refractivity contribution < 1.29 is 4.79 Å². The van der Waals surface area contributed by atoms with Crippen molar-refractivity contribution in [2.75, 3.05) is 25.0 Å². The lowest BCUT2D eigenvalue weighted by Gasteiger charge is -2.34. The van der Waals surface area contributed by atoms with E-state index in [0.717, 1.165) is 53.8 Å². The number of aromatic nitrogens is 1. The number of hydrogen-bond donors (Lipinski definition) is 0. The summed E-state index contributed by atoms with van der Waals surface area (Å²) in [6.07, 6.45) is 1.55. The molecule has 0 saturated carbocycles. The first-order valence-electron chi connectivity index (χ1n) is 10.4. The summed E-state index contributed by atoms with van der Waals surface area (Å²) < 4.78 is 0. The van der Waals surface area contributed by atoms with Gasteiger partial charge in [-0.25, -0.2) is 4.98 Å². The average Bonchev–Trinajstić information content (AvgIpc) is 2.79. The molecular formula is C25H26N4O. The number of para-hydroxylation sites is 1. The number of nitrogens with zero attached hydrogens (tertiary/aromatic N) is 4. The minimum atomic E-state index is 0.0158. The molecule has 0 N–H and O–H groups in total. The predicted octanol–water partition coefficient (Wildman–Crippen LogP) is 4.29. The second-order valence-electron chi connectivity index (χ2n) is 8.01. The number of anilines is 1. The highest BCUT2D eigenvalue weighted by Crippen LogP contribution is 2.31. The summed E-state index contributed by atoms with van der Waals surface area (Å²) in [5.74, 6) is 0.959. The predicted molar refractivity (Wildman–Crippen MR) is 119 cm³/mol. The minimum Gasteiger partial charge on any atom is -0.355 e. The van der Waals surface area contributed by atoms with Crippen LogP contribution in [0, 0.1) is 24.2 Å². The molecule has 1 aliphatic heterocycles. The zero-order valence-electron chi connectivity index (χ0n) is 17.5. The molecule has 5 heteroatoms. The Morgan fingerprint density at radius 1 is 1.13 bits per heavy atom. The smallest absolute Gasteiger partial charge is 0.225 e. The van der Waals surface area contributed by atoms with E-state index in [4.69, 9.17) is 4.98 Å². The number of rotatable bonds is 4. The van der Waals surface area contributed by atoms with E-state index < -0.39 is 0 Å². The van der Waals surface area contributed by atoms with Gasteiger partial charge in [-0.15, -0.1) is 0 Å². The number of carbonyl (C=O) groups is 1. The van der Waals surface area contributed by atoms with Crippen LogP contribution in [0.1, 0.15) is 29.5 Å². The Morgan fingerprint density at radius 2 is 1.80 bits per heavy atom. The zero-order chi connectivity index (χ0) is 21.1. The third kappa shape index (κ3) is 3.86. The molecule has 0 atom stereocenters. The monoisotopic (exact) mass is 398 g/mol. The van der Waals surface area contributed by atoms with Crippen molar-refractivity contribution in [3.63, 3.8) is 0 Å².